The fourth-order valence-corrected chi connectivity index (χ4v) is 1.23. The SMILES string of the molecule is CCOc1cncc(-n2ccc(C(=O)O)n2)n1. The summed E-state index contributed by atoms with van der Waals surface area (Å²) in [6.07, 6.45) is 4.46. The van der Waals surface area contributed by atoms with Crippen molar-refractivity contribution in [3.63, 3.8) is 0 Å². The van der Waals surface area contributed by atoms with Gasteiger partial charge in [0.25, 0.3) is 0 Å². The van der Waals surface area contributed by atoms with Crippen LogP contribution in [0.15, 0.2) is 24.7 Å². The summed E-state index contributed by atoms with van der Waals surface area (Å²) in [6.45, 7) is 2.32. The molecule has 0 atom stereocenters. The Morgan fingerprint density at radius 3 is 3.00 bits per heavy atom. The van der Waals surface area contributed by atoms with Gasteiger partial charge in [-0.2, -0.15) is 10.1 Å². The Bertz CT molecular complexity index is 538. The lowest BCUT2D eigenvalue weighted by atomic mass is 10.5. The van der Waals surface area contributed by atoms with Crippen LogP contribution in [-0.2, 0) is 0 Å². The van der Waals surface area contributed by atoms with Gasteiger partial charge in [0.15, 0.2) is 11.5 Å². The van der Waals surface area contributed by atoms with E-state index < -0.39 is 5.97 Å². The molecule has 7 heteroatoms. The van der Waals surface area contributed by atoms with Gasteiger partial charge in [0.05, 0.1) is 19.0 Å². The maximum atomic E-state index is 10.7. The van der Waals surface area contributed by atoms with Gasteiger partial charge in [-0.25, -0.2) is 9.48 Å². The number of nitrogens with zero attached hydrogens (tertiary/aromatic N) is 4. The van der Waals surface area contributed by atoms with Gasteiger partial charge < -0.3 is 9.84 Å². The second-order valence-electron chi connectivity index (χ2n) is 3.10. The van der Waals surface area contributed by atoms with E-state index in [-0.39, 0.29) is 5.69 Å². The molecule has 1 N–H and O–H groups in total. The van der Waals surface area contributed by atoms with Crippen LogP contribution in [0.2, 0.25) is 0 Å². The third kappa shape index (κ3) is 2.39. The van der Waals surface area contributed by atoms with E-state index in [0.717, 1.165) is 0 Å². The summed E-state index contributed by atoms with van der Waals surface area (Å²) in [5, 5.41) is 12.6. The standard InChI is InChI=1S/C10H10N4O3/c1-2-17-9-6-11-5-8(12-9)14-4-3-7(13-14)10(15)16/h3-6H,2H2,1H3,(H,15,16). The minimum Gasteiger partial charge on any atom is -0.477 e. The molecule has 0 radical (unpaired) electrons. The summed E-state index contributed by atoms with van der Waals surface area (Å²) in [4.78, 5) is 18.7. The molecule has 17 heavy (non-hydrogen) atoms. The number of carboxylic acids is 1. The summed E-state index contributed by atoms with van der Waals surface area (Å²) >= 11 is 0. The molecule has 0 aliphatic rings. The van der Waals surface area contributed by atoms with Crippen molar-refractivity contribution in [2.24, 2.45) is 0 Å². The molecule has 7 nitrogen and oxygen atoms in total. The maximum absolute atomic E-state index is 10.7. The number of ether oxygens (including phenoxy) is 1. The van der Waals surface area contributed by atoms with Gasteiger partial charge in [-0.3, -0.25) is 4.98 Å². The van der Waals surface area contributed by atoms with Crippen molar-refractivity contribution in [1.29, 1.82) is 0 Å². The van der Waals surface area contributed by atoms with Crippen molar-refractivity contribution in [3.05, 3.63) is 30.4 Å². The summed E-state index contributed by atoms with van der Waals surface area (Å²) in [6, 6.07) is 1.39. The first-order chi connectivity index (χ1) is 8.20. The molecule has 0 unspecified atom stereocenters. The molecule has 88 valence electrons. The van der Waals surface area contributed by atoms with E-state index in [1.807, 2.05) is 6.92 Å². The van der Waals surface area contributed by atoms with Crippen LogP contribution in [0.25, 0.3) is 5.82 Å². The Balaban J connectivity index is 2.31. The number of aromatic carboxylic acids is 1. The van der Waals surface area contributed by atoms with Crippen LogP contribution in [0.3, 0.4) is 0 Å². The lowest BCUT2D eigenvalue weighted by Crippen LogP contribution is -2.04. The van der Waals surface area contributed by atoms with E-state index in [2.05, 4.69) is 15.1 Å². The van der Waals surface area contributed by atoms with Crippen molar-refractivity contribution in [1.82, 2.24) is 19.7 Å². The predicted octanol–water partition coefficient (Wildman–Crippen LogP) is 0.759. The maximum Gasteiger partial charge on any atom is 0.356 e. The van der Waals surface area contributed by atoms with Gasteiger partial charge in [-0.05, 0) is 13.0 Å². The molecular weight excluding hydrogens is 224 g/mol. The van der Waals surface area contributed by atoms with Crippen molar-refractivity contribution in [3.8, 4) is 11.7 Å². The monoisotopic (exact) mass is 234 g/mol. The van der Waals surface area contributed by atoms with E-state index in [1.54, 1.807) is 0 Å². The van der Waals surface area contributed by atoms with Crippen LogP contribution in [-0.4, -0.2) is 37.4 Å². The minimum absolute atomic E-state index is 0.0476. The van der Waals surface area contributed by atoms with Crippen molar-refractivity contribution >= 4 is 5.97 Å². The van der Waals surface area contributed by atoms with Gasteiger partial charge in [-0.15, -0.1) is 0 Å². The van der Waals surface area contributed by atoms with Gasteiger partial charge in [-0.1, -0.05) is 0 Å². The third-order valence-electron chi connectivity index (χ3n) is 1.93. The number of aromatic nitrogens is 4. The first-order valence-electron chi connectivity index (χ1n) is 4.95. The topological polar surface area (TPSA) is 90.1 Å². The molecule has 2 aromatic rings. The normalized spacial score (nSPS) is 10.2. The van der Waals surface area contributed by atoms with E-state index in [4.69, 9.17) is 9.84 Å². The number of hydrogen-bond donors (Lipinski definition) is 1. The van der Waals surface area contributed by atoms with Crippen LogP contribution < -0.4 is 4.74 Å². The molecule has 0 aliphatic heterocycles. The second-order valence-corrected chi connectivity index (χ2v) is 3.10. The predicted molar refractivity (Wildman–Crippen MR) is 57.3 cm³/mol. The molecule has 0 aliphatic carbocycles. The Hall–Kier alpha value is -2.44. The van der Waals surface area contributed by atoms with Crippen LogP contribution in [0.5, 0.6) is 5.88 Å². The number of carbonyl (C=O) groups is 1. The highest BCUT2D eigenvalue weighted by Crippen LogP contribution is 2.09. The molecule has 2 rings (SSSR count). The van der Waals surface area contributed by atoms with E-state index in [0.29, 0.717) is 18.3 Å². The van der Waals surface area contributed by atoms with Crippen LogP contribution in [0.1, 0.15) is 17.4 Å². The van der Waals surface area contributed by atoms with Crippen LogP contribution >= 0.6 is 0 Å². The Kier molecular flexibility index (Phi) is 2.99. The summed E-state index contributed by atoms with van der Waals surface area (Å²) in [5.41, 5.74) is -0.0476. The molecule has 0 saturated carbocycles. The summed E-state index contributed by atoms with van der Waals surface area (Å²) < 4.78 is 6.52. The Morgan fingerprint density at radius 2 is 2.35 bits per heavy atom. The zero-order valence-corrected chi connectivity index (χ0v) is 9.07. The number of rotatable bonds is 4. The van der Waals surface area contributed by atoms with Gasteiger partial charge in [0, 0.05) is 6.20 Å². The summed E-state index contributed by atoms with van der Waals surface area (Å²) in [7, 11) is 0. The molecular formula is C10H10N4O3. The molecule has 0 saturated heterocycles. The smallest absolute Gasteiger partial charge is 0.356 e. The highest BCUT2D eigenvalue weighted by molar-refractivity contribution is 5.85. The van der Waals surface area contributed by atoms with Crippen molar-refractivity contribution in [2.75, 3.05) is 6.61 Å². The molecule has 2 aromatic heterocycles. The first kappa shape index (κ1) is 11.1. The van der Waals surface area contributed by atoms with E-state index >= 15 is 0 Å². The highest BCUT2D eigenvalue weighted by Gasteiger charge is 2.09. The van der Waals surface area contributed by atoms with Gasteiger partial charge >= 0.3 is 5.97 Å². The average molecular weight is 234 g/mol. The Labute approximate surface area is 96.7 Å². The summed E-state index contributed by atoms with van der Waals surface area (Å²) in [5.74, 6) is -0.307. The minimum atomic E-state index is -1.09. The molecule has 0 spiro atoms. The molecule has 0 aromatic carbocycles. The van der Waals surface area contributed by atoms with Gasteiger partial charge in [0.2, 0.25) is 5.88 Å². The quantitative estimate of drug-likeness (QED) is 0.839. The lowest BCUT2D eigenvalue weighted by Gasteiger charge is -2.03. The second kappa shape index (κ2) is 4.60. The highest BCUT2D eigenvalue weighted by atomic mass is 16.5. The largest absolute Gasteiger partial charge is 0.477 e. The van der Waals surface area contributed by atoms with Crippen molar-refractivity contribution < 1.29 is 14.6 Å². The molecule has 0 bridgehead atoms. The van der Waals surface area contributed by atoms with Gasteiger partial charge in [0.1, 0.15) is 0 Å². The molecule has 0 amide bonds. The third-order valence-corrected chi connectivity index (χ3v) is 1.93. The lowest BCUT2D eigenvalue weighted by molar-refractivity contribution is 0.0690. The fourth-order valence-electron chi connectivity index (χ4n) is 1.23. The van der Waals surface area contributed by atoms with Crippen LogP contribution in [0.4, 0.5) is 0 Å². The number of hydrogen-bond acceptors (Lipinski definition) is 5. The zero-order chi connectivity index (χ0) is 12.3. The van der Waals surface area contributed by atoms with E-state index in [9.17, 15) is 4.79 Å². The number of carboxylic acid groups (broad SMARTS) is 1. The van der Waals surface area contributed by atoms with Crippen LogP contribution in [0, 0.1) is 0 Å². The van der Waals surface area contributed by atoms with E-state index in [1.165, 1.54) is 29.3 Å². The molecule has 0 fully saturated rings. The van der Waals surface area contributed by atoms with Crippen molar-refractivity contribution in [2.45, 2.75) is 6.92 Å². The fraction of sp³-hybridized carbons (Fsp3) is 0.200. The average Bonchev–Trinajstić information content (AvgIpc) is 2.79. The Morgan fingerprint density at radius 1 is 1.53 bits per heavy atom. The first-order valence-corrected chi connectivity index (χ1v) is 4.95. The molecule has 2 heterocycles. The zero-order valence-electron chi connectivity index (χ0n) is 9.07.